The maximum atomic E-state index is 12.9. The molecule has 0 atom stereocenters. The Morgan fingerprint density at radius 3 is 2.40 bits per heavy atom. The number of nitrogens with zero attached hydrogens (tertiary/aromatic N) is 5. The minimum Gasteiger partial charge on any atom is -0.280 e. The van der Waals surface area contributed by atoms with Crippen LogP contribution in [0.15, 0.2) is 38.9 Å². The maximum Gasteiger partial charge on any atom is 0.332 e. The summed E-state index contributed by atoms with van der Waals surface area (Å²) in [6, 6.07) is 6.31. The van der Waals surface area contributed by atoms with Crippen molar-refractivity contribution in [2.75, 3.05) is 0 Å². The van der Waals surface area contributed by atoms with Crippen LogP contribution in [0.1, 0.15) is 43.0 Å². The lowest BCUT2D eigenvalue weighted by molar-refractivity contribution is -0.384. The molecule has 1 aromatic carbocycles. The highest BCUT2D eigenvalue weighted by molar-refractivity contribution is 7.98. The van der Waals surface area contributed by atoms with Gasteiger partial charge in [-0.2, -0.15) is 0 Å². The van der Waals surface area contributed by atoms with Crippen LogP contribution in [-0.2, 0) is 19.8 Å². The van der Waals surface area contributed by atoms with E-state index in [1.165, 1.54) is 35.5 Å². The number of rotatable bonds is 5. The monoisotopic (exact) mass is 427 g/mol. The number of non-ortho nitro benzene ring substituents is 1. The van der Waals surface area contributed by atoms with Crippen molar-refractivity contribution >= 4 is 28.5 Å². The molecule has 1 saturated carbocycles. The number of nitro benzene ring substituents is 1. The quantitative estimate of drug-likeness (QED) is 0.266. The Morgan fingerprint density at radius 1 is 1.10 bits per heavy atom. The van der Waals surface area contributed by atoms with E-state index in [0.29, 0.717) is 27.6 Å². The first-order valence-corrected chi connectivity index (χ1v) is 10.7. The largest absolute Gasteiger partial charge is 0.332 e. The van der Waals surface area contributed by atoms with Crippen LogP contribution in [0.25, 0.3) is 11.0 Å². The third kappa shape index (κ3) is 3.62. The number of thioether (sulfide) groups is 1. The highest BCUT2D eigenvalue weighted by Gasteiger charge is 2.24. The number of fused-ring (bicyclic) bond motifs is 1. The molecule has 2 heterocycles. The van der Waals surface area contributed by atoms with Gasteiger partial charge in [0, 0.05) is 37.9 Å². The highest BCUT2D eigenvalue weighted by atomic mass is 32.2. The number of benzene rings is 1. The van der Waals surface area contributed by atoms with Crippen LogP contribution in [0.3, 0.4) is 0 Å². The van der Waals surface area contributed by atoms with E-state index in [0.717, 1.165) is 35.8 Å². The molecule has 3 aromatic rings. The molecule has 0 aliphatic heterocycles. The van der Waals surface area contributed by atoms with Crippen LogP contribution < -0.4 is 11.2 Å². The first-order valence-electron chi connectivity index (χ1n) is 9.70. The Labute approximate surface area is 175 Å². The molecule has 1 fully saturated rings. The van der Waals surface area contributed by atoms with Gasteiger partial charge in [-0.05, 0) is 18.4 Å². The second kappa shape index (κ2) is 8.02. The first kappa shape index (κ1) is 20.3. The third-order valence-electron chi connectivity index (χ3n) is 5.53. The van der Waals surface area contributed by atoms with Gasteiger partial charge in [-0.1, -0.05) is 25.0 Å². The van der Waals surface area contributed by atoms with Gasteiger partial charge in [-0.3, -0.25) is 24.0 Å². The Morgan fingerprint density at radius 2 is 1.77 bits per heavy atom. The molecule has 0 unspecified atom stereocenters. The van der Waals surface area contributed by atoms with E-state index in [1.54, 1.807) is 19.2 Å². The van der Waals surface area contributed by atoms with Crippen LogP contribution in [0, 0.1) is 10.1 Å². The predicted octanol–water partition coefficient (Wildman–Crippen LogP) is 2.89. The molecule has 10 heteroatoms. The van der Waals surface area contributed by atoms with Crippen LogP contribution in [-0.4, -0.2) is 24.0 Å². The van der Waals surface area contributed by atoms with Crippen molar-refractivity contribution in [3.05, 3.63) is 66.6 Å². The fourth-order valence-electron chi connectivity index (χ4n) is 3.78. The number of nitro groups is 1. The summed E-state index contributed by atoms with van der Waals surface area (Å²) in [6.07, 6.45) is 4.23. The molecule has 9 nitrogen and oxygen atoms in total. The first-order chi connectivity index (χ1) is 14.4. The normalized spacial score (nSPS) is 14.5. The molecule has 0 radical (unpaired) electrons. The molecular formula is C20H21N5O4S. The molecule has 1 aliphatic carbocycles. The summed E-state index contributed by atoms with van der Waals surface area (Å²) in [5, 5.41) is 11.7. The number of hydrogen-bond acceptors (Lipinski definition) is 7. The summed E-state index contributed by atoms with van der Waals surface area (Å²) >= 11 is 1.38. The zero-order chi connectivity index (χ0) is 21.4. The van der Waals surface area contributed by atoms with Gasteiger partial charge < -0.3 is 0 Å². The molecule has 0 saturated heterocycles. The van der Waals surface area contributed by atoms with Gasteiger partial charge in [-0.25, -0.2) is 14.8 Å². The average Bonchev–Trinajstić information content (AvgIpc) is 3.29. The van der Waals surface area contributed by atoms with Gasteiger partial charge in [-0.15, -0.1) is 11.8 Å². The minimum atomic E-state index is -0.438. The summed E-state index contributed by atoms with van der Waals surface area (Å²) in [4.78, 5) is 45.0. The lowest BCUT2D eigenvalue weighted by Crippen LogP contribution is -2.38. The van der Waals surface area contributed by atoms with Crippen molar-refractivity contribution in [2.45, 2.75) is 42.4 Å². The van der Waals surface area contributed by atoms with E-state index in [4.69, 9.17) is 4.98 Å². The number of aryl methyl sites for hydroxylation is 1. The molecule has 0 N–H and O–H groups in total. The van der Waals surface area contributed by atoms with Gasteiger partial charge in [0.25, 0.3) is 11.2 Å². The lowest BCUT2D eigenvalue weighted by atomic mass is 10.1. The molecule has 30 heavy (non-hydrogen) atoms. The van der Waals surface area contributed by atoms with E-state index in [1.807, 2.05) is 0 Å². The smallest absolute Gasteiger partial charge is 0.280 e. The number of aromatic nitrogens is 4. The maximum absolute atomic E-state index is 12.9. The fraction of sp³-hybridized carbons (Fsp3) is 0.400. The van der Waals surface area contributed by atoms with Crippen molar-refractivity contribution in [3.8, 4) is 0 Å². The van der Waals surface area contributed by atoms with Gasteiger partial charge in [0.05, 0.1) is 4.92 Å². The minimum absolute atomic E-state index is 0.0311. The van der Waals surface area contributed by atoms with E-state index >= 15 is 0 Å². The van der Waals surface area contributed by atoms with Gasteiger partial charge >= 0.3 is 5.69 Å². The molecule has 2 aromatic heterocycles. The zero-order valence-electron chi connectivity index (χ0n) is 16.7. The van der Waals surface area contributed by atoms with E-state index < -0.39 is 16.2 Å². The van der Waals surface area contributed by atoms with Crippen molar-refractivity contribution in [1.29, 1.82) is 0 Å². The Bertz CT molecular complexity index is 1240. The average molecular weight is 427 g/mol. The molecule has 0 spiro atoms. The third-order valence-corrected chi connectivity index (χ3v) is 6.57. The van der Waals surface area contributed by atoms with Crippen molar-refractivity contribution in [1.82, 2.24) is 19.1 Å². The van der Waals surface area contributed by atoms with Crippen LogP contribution >= 0.6 is 11.8 Å². The van der Waals surface area contributed by atoms with Crippen molar-refractivity contribution in [2.24, 2.45) is 14.1 Å². The summed E-state index contributed by atoms with van der Waals surface area (Å²) in [7, 11) is 3.06. The van der Waals surface area contributed by atoms with Crippen molar-refractivity contribution in [3.63, 3.8) is 0 Å². The fourth-order valence-corrected chi connectivity index (χ4v) is 4.76. The molecule has 0 amide bonds. The Hall–Kier alpha value is -3.01. The number of hydrogen-bond donors (Lipinski definition) is 0. The zero-order valence-corrected chi connectivity index (χ0v) is 17.5. The standard InChI is InChI=1S/C20H21N5O4S/c1-23-17-15(19(26)24(2)20(23)27)18(22-16(21-17)13-5-3-4-6-13)30-11-12-7-9-14(10-8-12)25(28)29/h7-10,13H,3-6,11H2,1-2H3. The van der Waals surface area contributed by atoms with Crippen LogP contribution in [0.5, 0.6) is 0 Å². The summed E-state index contributed by atoms with van der Waals surface area (Å²) in [5.41, 5.74) is 0.420. The van der Waals surface area contributed by atoms with E-state index in [-0.39, 0.29) is 11.6 Å². The molecule has 1 aliphatic rings. The second-order valence-electron chi connectivity index (χ2n) is 7.48. The predicted molar refractivity (Wildman–Crippen MR) is 114 cm³/mol. The Kier molecular flexibility index (Phi) is 5.42. The van der Waals surface area contributed by atoms with Crippen LogP contribution in [0.4, 0.5) is 5.69 Å². The van der Waals surface area contributed by atoms with Gasteiger partial charge in [0.15, 0.2) is 5.65 Å². The van der Waals surface area contributed by atoms with Crippen molar-refractivity contribution < 1.29 is 4.92 Å². The van der Waals surface area contributed by atoms with Gasteiger partial charge in [0.2, 0.25) is 0 Å². The molecule has 156 valence electrons. The Balaban J connectivity index is 1.79. The molecule has 4 rings (SSSR count). The SMILES string of the molecule is Cn1c(=O)c2c(SCc3ccc([N+](=O)[O-])cc3)nc(C3CCCC3)nc2n(C)c1=O. The van der Waals surface area contributed by atoms with E-state index in [9.17, 15) is 19.7 Å². The topological polar surface area (TPSA) is 113 Å². The second-order valence-corrected chi connectivity index (χ2v) is 8.45. The highest BCUT2D eigenvalue weighted by Crippen LogP contribution is 2.34. The molecule has 0 bridgehead atoms. The lowest BCUT2D eigenvalue weighted by Gasteiger charge is -2.14. The summed E-state index contributed by atoms with van der Waals surface area (Å²) in [5.74, 6) is 1.39. The van der Waals surface area contributed by atoms with E-state index in [2.05, 4.69) is 4.98 Å². The summed E-state index contributed by atoms with van der Waals surface area (Å²) < 4.78 is 2.46. The molecular weight excluding hydrogens is 406 g/mol. The van der Waals surface area contributed by atoms with Crippen LogP contribution in [0.2, 0.25) is 0 Å². The summed E-state index contributed by atoms with van der Waals surface area (Å²) in [6.45, 7) is 0. The van der Waals surface area contributed by atoms with Gasteiger partial charge in [0.1, 0.15) is 16.2 Å².